The van der Waals surface area contributed by atoms with E-state index in [4.69, 9.17) is 10.00 Å². The Hall–Kier alpha value is -3.51. The fourth-order valence-electron chi connectivity index (χ4n) is 3.12. The van der Waals surface area contributed by atoms with Gasteiger partial charge in [0.15, 0.2) is 0 Å². The molecule has 32 heavy (non-hydrogen) atoms. The van der Waals surface area contributed by atoms with Gasteiger partial charge in [0.05, 0.1) is 29.4 Å². The van der Waals surface area contributed by atoms with Crippen LogP contribution in [0.25, 0.3) is 0 Å². The van der Waals surface area contributed by atoms with Gasteiger partial charge in [-0.15, -0.1) is 11.8 Å². The lowest BCUT2D eigenvalue weighted by Crippen LogP contribution is -2.50. The monoisotopic (exact) mass is 453 g/mol. The Morgan fingerprint density at radius 1 is 1.25 bits per heavy atom. The van der Waals surface area contributed by atoms with Crippen molar-refractivity contribution in [2.75, 3.05) is 10.7 Å². The number of anilines is 1. The van der Waals surface area contributed by atoms with Gasteiger partial charge in [-0.25, -0.2) is 9.59 Å². The largest absolute Gasteiger partial charge is 0.478 e. The lowest BCUT2D eigenvalue weighted by Gasteiger charge is -2.27. The van der Waals surface area contributed by atoms with E-state index in [0.717, 1.165) is 10.5 Å². The molecule has 0 saturated carbocycles. The van der Waals surface area contributed by atoms with Crippen molar-refractivity contribution in [3.63, 3.8) is 0 Å². The molecule has 0 spiro atoms. The minimum atomic E-state index is -1.10. The normalized spacial score (nSPS) is 15.9. The molecule has 0 unspecified atom stereocenters. The molecule has 1 heterocycles. The van der Waals surface area contributed by atoms with E-state index in [1.165, 1.54) is 28.8 Å². The van der Waals surface area contributed by atoms with Gasteiger partial charge in [-0.3, -0.25) is 4.79 Å². The Morgan fingerprint density at radius 2 is 1.94 bits per heavy atom. The number of alkyl carbamates (subject to hydrolysis) is 1. The van der Waals surface area contributed by atoms with Crippen molar-refractivity contribution >= 4 is 35.4 Å². The van der Waals surface area contributed by atoms with Crippen LogP contribution in [0.5, 0.6) is 0 Å². The van der Waals surface area contributed by atoms with Crippen LogP contribution in [0, 0.1) is 11.3 Å². The van der Waals surface area contributed by atoms with Crippen LogP contribution in [0.4, 0.5) is 10.5 Å². The topological polar surface area (TPSA) is 120 Å². The number of carbonyl (C=O) groups excluding carboxylic acids is 2. The van der Waals surface area contributed by atoms with Crippen molar-refractivity contribution in [3.05, 3.63) is 59.2 Å². The molecule has 0 bridgehead atoms. The molecular formula is C23H23N3O5S. The van der Waals surface area contributed by atoms with Crippen molar-refractivity contribution < 1.29 is 24.2 Å². The Bertz CT molecular complexity index is 1090. The number of thioether (sulfide) groups is 1. The first-order valence-electron chi connectivity index (χ1n) is 9.87. The zero-order valence-electron chi connectivity index (χ0n) is 17.9. The summed E-state index contributed by atoms with van der Waals surface area (Å²) in [7, 11) is 0. The van der Waals surface area contributed by atoms with Crippen LogP contribution in [0.15, 0.2) is 47.4 Å². The molecule has 1 aliphatic rings. The second kappa shape index (κ2) is 9.32. The molecule has 2 aromatic rings. The van der Waals surface area contributed by atoms with Gasteiger partial charge in [0, 0.05) is 10.6 Å². The molecule has 166 valence electrons. The molecular weight excluding hydrogens is 430 g/mol. The quantitative estimate of drug-likeness (QED) is 0.723. The van der Waals surface area contributed by atoms with Gasteiger partial charge in [0.25, 0.3) is 5.91 Å². The van der Waals surface area contributed by atoms with Crippen molar-refractivity contribution in [3.8, 4) is 6.07 Å². The number of benzene rings is 2. The molecule has 0 aliphatic carbocycles. The van der Waals surface area contributed by atoms with Gasteiger partial charge in [-0.05, 0) is 56.7 Å². The van der Waals surface area contributed by atoms with Crippen molar-refractivity contribution in [1.82, 2.24) is 5.32 Å². The molecule has 0 fully saturated rings. The number of carboxylic acids is 1. The van der Waals surface area contributed by atoms with Crippen LogP contribution < -0.4 is 10.2 Å². The predicted octanol–water partition coefficient (Wildman–Crippen LogP) is 3.79. The van der Waals surface area contributed by atoms with Crippen LogP contribution in [-0.2, 0) is 16.1 Å². The average Bonchev–Trinajstić information content (AvgIpc) is 2.84. The number of ether oxygens (including phenoxy) is 1. The number of rotatable bonds is 4. The number of carbonyl (C=O) groups is 3. The van der Waals surface area contributed by atoms with Crippen molar-refractivity contribution in [2.24, 2.45) is 0 Å². The van der Waals surface area contributed by atoms with Crippen LogP contribution in [0.2, 0.25) is 0 Å². The van der Waals surface area contributed by atoms with E-state index in [9.17, 15) is 19.5 Å². The summed E-state index contributed by atoms with van der Waals surface area (Å²) in [6, 6.07) is 12.6. The molecule has 1 aliphatic heterocycles. The van der Waals surface area contributed by atoms with Crippen LogP contribution in [-0.4, -0.2) is 40.5 Å². The first kappa shape index (κ1) is 23.2. The summed E-state index contributed by atoms with van der Waals surface area (Å²) in [5.41, 5.74) is 1.04. The number of nitriles is 1. The second-order valence-corrected chi connectivity index (χ2v) is 9.29. The summed E-state index contributed by atoms with van der Waals surface area (Å²) < 4.78 is 5.30. The zero-order valence-corrected chi connectivity index (χ0v) is 18.7. The Kier molecular flexibility index (Phi) is 6.75. The fourth-order valence-corrected chi connectivity index (χ4v) is 4.17. The van der Waals surface area contributed by atoms with E-state index in [2.05, 4.69) is 5.32 Å². The molecule has 1 atom stereocenters. The molecule has 9 heteroatoms. The Balaban J connectivity index is 1.96. The van der Waals surface area contributed by atoms with E-state index in [-0.39, 0.29) is 23.8 Å². The van der Waals surface area contributed by atoms with E-state index in [1.807, 2.05) is 6.07 Å². The predicted molar refractivity (Wildman–Crippen MR) is 120 cm³/mol. The minimum Gasteiger partial charge on any atom is -0.478 e. The van der Waals surface area contributed by atoms with Crippen molar-refractivity contribution in [1.29, 1.82) is 5.26 Å². The summed E-state index contributed by atoms with van der Waals surface area (Å²) in [4.78, 5) is 39.5. The fraction of sp³-hybridized carbons (Fsp3) is 0.304. The van der Waals surface area contributed by atoms with E-state index >= 15 is 0 Å². The molecule has 2 aromatic carbocycles. The number of nitrogens with zero attached hydrogens (tertiary/aromatic N) is 2. The molecule has 2 amide bonds. The van der Waals surface area contributed by atoms with Crippen LogP contribution in [0.1, 0.15) is 42.3 Å². The highest BCUT2D eigenvalue weighted by Gasteiger charge is 2.33. The van der Waals surface area contributed by atoms with E-state index < -0.39 is 23.7 Å². The van der Waals surface area contributed by atoms with Gasteiger partial charge in [-0.1, -0.05) is 12.1 Å². The van der Waals surface area contributed by atoms with Gasteiger partial charge in [0.1, 0.15) is 11.6 Å². The number of carboxylic acid groups (broad SMARTS) is 1. The van der Waals surface area contributed by atoms with Crippen LogP contribution >= 0.6 is 11.8 Å². The summed E-state index contributed by atoms with van der Waals surface area (Å²) in [6.45, 7) is 5.35. The average molecular weight is 454 g/mol. The van der Waals surface area contributed by atoms with Gasteiger partial charge >= 0.3 is 12.1 Å². The van der Waals surface area contributed by atoms with E-state index in [0.29, 0.717) is 11.3 Å². The van der Waals surface area contributed by atoms with Crippen molar-refractivity contribution in [2.45, 2.75) is 43.9 Å². The lowest BCUT2D eigenvalue weighted by molar-refractivity contribution is -0.120. The number of hydrogen-bond donors (Lipinski definition) is 2. The summed E-state index contributed by atoms with van der Waals surface area (Å²) in [5, 5.41) is 21.1. The standard InChI is InChI=1S/C23H23N3O5S/c1-23(2,3)31-22(30)25-17-13-32-19-9-8-16(21(28)29)10-18(19)26(20(17)27)12-15-6-4-14(11-24)5-7-15/h4-10,17H,12-13H2,1-3H3,(H,25,30)(H,28,29)/t17-/m0/s1. The Labute approximate surface area is 190 Å². The zero-order chi connectivity index (χ0) is 23.5. The molecule has 2 N–H and O–H groups in total. The molecule has 3 rings (SSSR count). The molecule has 0 aromatic heterocycles. The highest BCUT2D eigenvalue weighted by atomic mass is 32.2. The number of nitrogens with one attached hydrogen (secondary N) is 1. The maximum atomic E-state index is 13.5. The third-order valence-corrected chi connectivity index (χ3v) is 5.74. The third kappa shape index (κ3) is 5.59. The molecule has 8 nitrogen and oxygen atoms in total. The minimum absolute atomic E-state index is 0.0560. The van der Waals surface area contributed by atoms with Crippen LogP contribution in [0.3, 0.4) is 0 Å². The molecule has 0 radical (unpaired) electrons. The Morgan fingerprint density at radius 3 is 2.53 bits per heavy atom. The molecule has 0 saturated heterocycles. The first-order valence-corrected chi connectivity index (χ1v) is 10.9. The smallest absolute Gasteiger partial charge is 0.408 e. The van der Waals surface area contributed by atoms with Gasteiger partial charge < -0.3 is 20.1 Å². The summed E-state index contributed by atoms with van der Waals surface area (Å²) in [5.74, 6) is -1.22. The summed E-state index contributed by atoms with van der Waals surface area (Å²) in [6.07, 6.45) is -0.702. The maximum Gasteiger partial charge on any atom is 0.408 e. The van der Waals surface area contributed by atoms with Gasteiger partial charge in [0.2, 0.25) is 0 Å². The number of fused-ring (bicyclic) bond motifs is 1. The highest BCUT2D eigenvalue weighted by molar-refractivity contribution is 7.99. The SMILES string of the molecule is CC(C)(C)OC(=O)N[C@H]1CSc2ccc(C(=O)O)cc2N(Cc2ccc(C#N)cc2)C1=O. The highest BCUT2D eigenvalue weighted by Crippen LogP contribution is 2.36. The number of aromatic carboxylic acids is 1. The summed E-state index contributed by atoms with van der Waals surface area (Å²) >= 11 is 1.35. The van der Waals surface area contributed by atoms with Gasteiger partial charge in [-0.2, -0.15) is 5.26 Å². The number of amides is 2. The van der Waals surface area contributed by atoms with E-state index in [1.54, 1.807) is 51.1 Å². The first-order chi connectivity index (χ1) is 15.1. The third-order valence-electron chi connectivity index (χ3n) is 4.58. The second-order valence-electron chi connectivity index (χ2n) is 8.23. The number of hydrogen-bond acceptors (Lipinski definition) is 6. The lowest BCUT2D eigenvalue weighted by atomic mass is 10.1. The maximum absolute atomic E-state index is 13.5.